The molecule has 0 atom stereocenters. The van der Waals surface area contributed by atoms with Gasteiger partial charge in [-0.15, -0.1) is 0 Å². The summed E-state index contributed by atoms with van der Waals surface area (Å²) in [6.45, 7) is 4.15. The van der Waals surface area contributed by atoms with Gasteiger partial charge in [-0.2, -0.15) is 0 Å². The van der Waals surface area contributed by atoms with E-state index in [4.69, 9.17) is 0 Å². The van der Waals surface area contributed by atoms with Gasteiger partial charge in [0.15, 0.2) is 5.84 Å². The van der Waals surface area contributed by atoms with Crippen LogP contribution in [-0.4, -0.2) is 41.7 Å². The fourth-order valence-electron chi connectivity index (χ4n) is 3.03. The molecule has 30 heavy (non-hydrogen) atoms. The summed E-state index contributed by atoms with van der Waals surface area (Å²) < 4.78 is 13.7. The highest BCUT2D eigenvalue weighted by Gasteiger charge is 2.26. The number of carbonyl (C=O) groups is 1. The molecule has 1 saturated carbocycles. The van der Waals surface area contributed by atoms with Crippen LogP contribution in [0, 0.1) is 5.82 Å². The summed E-state index contributed by atoms with van der Waals surface area (Å²) in [7, 11) is 1.64. The van der Waals surface area contributed by atoms with Crippen LogP contribution in [0.2, 0.25) is 0 Å². The van der Waals surface area contributed by atoms with E-state index in [1.165, 1.54) is 24.3 Å². The van der Waals surface area contributed by atoms with Crippen molar-refractivity contribution in [3.63, 3.8) is 0 Å². The van der Waals surface area contributed by atoms with Crippen LogP contribution in [0.3, 0.4) is 0 Å². The first-order chi connectivity index (χ1) is 14.4. The maximum Gasteiger partial charge on any atom is 0.335 e. The smallest absolute Gasteiger partial charge is 0.335 e. The SMILES string of the molecule is C=C1C(=NC(=NC)NC2CC2)C(Nc2cccc(F)c2)=Nc2cc(C(=O)O)ccc21. The number of nitrogens with zero attached hydrogens (tertiary/aromatic N) is 3. The molecule has 0 radical (unpaired) electrons. The molecule has 1 fully saturated rings. The highest BCUT2D eigenvalue weighted by atomic mass is 19.1. The van der Waals surface area contributed by atoms with E-state index in [-0.39, 0.29) is 5.56 Å². The first kappa shape index (κ1) is 19.5. The van der Waals surface area contributed by atoms with Crippen molar-refractivity contribution < 1.29 is 14.3 Å². The Kier molecular flexibility index (Phi) is 5.14. The van der Waals surface area contributed by atoms with Gasteiger partial charge in [-0.3, -0.25) is 4.99 Å². The number of aromatic carboxylic acids is 1. The van der Waals surface area contributed by atoms with Gasteiger partial charge in [0.25, 0.3) is 0 Å². The monoisotopic (exact) mass is 405 g/mol. The number of carboxylic acid groups (broad SMARTS) is 1. The van der Waals surface area contributed by atoms with Gasteiger partial charge >= 0.3 is 5.97 Å². The minimum Gasteiger partial charge on any atom is -0.478 e. The van der Waals surface area contributed by atoms with Gasteiger partial charge in [0.1, 0.15) is 11.5 Å². The second kappa shape index (κ2) is 7.90. The molecular formula is C22H20FN5O2. The lowest BCUT2D eigenvalue weighted by Crippen LogP contribution is -2.31. The van der Waals surface area contributed by atoms with Crippen molar-refractivity contribution in [1.82, 2.24) is 5.32 Å². The normalized spacial score (nSPS) is 17.4. The third-order valence-corrected chi connectivity index (χ3v) is 4.74. The molecule has 3 N–H and O–H groups in total. The van der Waals surface area contributed by atoms with Gasteiger partial charge in [-0.05, 0) is 43.2 Å². The lowest BCUT2D eigenvalue weighted by molar-refractivity contribution is 0.0697. The molecule has 0 aromatic heterocycles. The number of carboxylic acids is 1. The van der Waals surface area contributed by atoms with Gasteiger partial charge < -0.3 is 15.7 Å². The van der Waals surface area contributed by atoms with Crippen molar-refractivity contribution in [3.8, 4) is 0 Å². The molecule has 152 valence electrons. The average molecular weight is 405 g/mol. The van der Waals surface area contributed by atoms with Gasteiger partial charge in [-0.1, -0.05) is 18.7 Å². The van der Waals surface area contributed by atoms with Crippen molar-refractivity contribution in [2.75, 3.05) is 12.4 Å². The Labute approximate surface area is 172 Å². The number of fused-ring (bicyclic) bond motifs is 1. The van der Waals surface area contributed by atoms with Crippen LogP contribution < -0.4 is 10.6 Å². The summed E-state index contributed by atoms with van der Waals surface area (Å²) in [5.74, 6) is -0.660. The molecule has 0 amide bonds. The molecule has 1 aliphatic carbocycles. The molecule has 0 spiro atoms. The summed E-state index contributed by atoms with van der Waals surface area (Å²) in [5.41, 5.74) is 2.73. The molecular weight excluding hydrogens is 385 g/mol. The summed E-state index contributed by atoms with van der Waals surface area (Å²) in [6, 6.07) is 11.0. The summed E-state index contributed by atoms with van der Waals surface area (Å²) >= 11 is 0. The van der Waals surface area contributed by atoms with Crippen LogP contribution in [0.5, 0.6) is 0 Å². The van der Waals surface area contributed by atoms with Crippen molar-refractivity contribution in [3.05, 3.63) is 66.0 Å². The second-order valence-electron chi connectivity index (χ2n) is 7.04. The second-order valence-corrected chi connectivity index (χ2v) is 7.04. The Hall–Kier alpha value is -3.81. The van der Waals surface area contributed by atoms with E-state index < -0.39 is 11.8 Å². The molecule has 2 aromatic carbocycles. The topological polar surface area (TPSA) is 98.4 Å². The number of nitrogens with one attached hydrogen (secondary N) is 2. The van der Waals surface area contributed by atoms with Gasteiger partial charge in [0.2, 0.25) is 5.96 Å². The molecule has 0 saturated heterocycles. The zero-order chi connectivity index (χ0) is 21.3. The Balaban J connectivity index is 1.79. The maximum absolute atomic E-state index is 13.7. The van der Waals surface area contributed by atoms with E-state index in [1.54, 1.807) is 25.2 Å². The molecule has 4 rings (SSSR count). The lowest BCUT2D eigenvalue weighted by Gasteiger charge is -2.22. The molecule has 2 aliphatic rings. The molecule has 0 bridgehead atoms. The molecule has 1 aliphatic heterocycles. The van der Waals surface area contributed by atoms with Crippen molar-refractivity contribution >= 4 is 40.4 Å². The third-order valence-electron chi connectivity index (χ3n) is 4.74. The molecule has 7 nitrogen and oxygen atoms in total. The highest BCUT2D eigenvalue weighted by Crippen LogP contribution is 2.33. The Morgan fingerprint density at radius 1 is 1.27 bits per heavy atom. The third kappa shape index (κ3) is 4.12. The van der Waals surface area contributed by atoms with E-state index in [0.29, 0.717) is 46.1 Å². The van der Waals surface area contributed by atoms with Crippen molar-refractivity contribution in [1.29, 1.82) is 0 Å². The number of anilines is 1. The van der Waals surface area contributed by atoms with E-state index in [1.807, 2.05) is 0 Å². The quantitative estimate of drug-likeness (QED) is 0.533. The van der Waals surface area contributed by atoms with E-state index >= 15 is 0 Å². The van der Waals surface area contributed by atoms with Crippen LogP contribution in [0.15, 0.2) is 64.0 Å². The Morgan fingerprint density at radius 3 is 2.73 bits per heavy atom. The first-order valence-corrected chi connectivity index (χ1v) is 9.45. The number of hydrogen-bond donors (Lipinski definition) is 3. The Bertz CT molecular complexity index is 1130. The zero-order valence-corrected chi connectivity index (χ0v) is 16.3. The first-order valence-electron chi connectivity index (χ1n) is 9.45. The highest BCUT2D eigenvalue weighted by molar-refractivity contribution is 6.62. The Morgan fingerprint density at radius 2 is 2.07 bits per heavy atom. The van der Waals surface area contributed by atoms with Crippen LogP contribution in [0.25, 0.3) is 5.57 Å². The fourth-order valence-corrected chi connectivity index (χ4v) is 3.03. The minimum atomic E-state index is -1.05. The molecule has 0 unspecified atom stereocenters. The van der Waals surface area contributed by atoms with E-state index in [2.05, 4.69) is 32.2 Å². The van der Waals surface area contributed by atoms with Crippen LogP contribution in [0.1, 0.15) is 28.8 Å². The largest absolute Gasteiger partial charge is 0.478 e. The number of benzene rings is 2. The lowest BCUT2D eigenvalue weighted by atomic mass is 9.95. The van der Waals surface area contributed by atoms with Crippen LogP contribution >= 0.6 is 0 Å². The van der Waals surface area contributed by atoms with E-state index in [9.17, 15) is 14.3 Å². The maximum atomic E-state index is 13.7. The fraction of sp³-hybridized carbons (Fsp3) is 0.182. The predicted octanol–water partition coefficient (Wildman–Crippen LogP) is 3.87. The van der Waals surface area contributed by atoms with Crippen LogP contribution in [0.4, 0.5) is 15.8 Å². The summed E-state index contributed by atoms with van der Waals surface area (Å²) in [4.78, 5) is 24.8. The zero-order valence-electron chi connectivity index (χ0n) is 16.3. The number of hydrogen-bond acceptors (Lipinski definition) is 4. The minimum absolute atomic E-state index is 0.113. The number of rotatable bonds is 3. The molecule has 8 heteroatoms. The summed E-state index contributed by atoms with van der Waals surface area (Å²) in [6.07, 6.45) is 2.13. The van der Waals surface area contributed by atoms with Crippen molar-refractivity contribution in [2.24, 2.45) is 15.0 Å². The van der Waals surface area contributed by atoms with E-state index in [0.717, 1.165) is 12.8 Å². The standard InChI is InChI=1S/C22H20FN5O2/c1-12-17-9-6-13(21(29)30)10-18(17)27-20(25-16-5-3-4-14(23)11-16)19(12)28-22(24-2)26-15-7-8-15/h3-6,9-11,15H,1,7-8H2,2H3,(H,24,26)(H,25,27)(H,29,30). The number of amidine groups is 1. The predicted molar refractivity (Wildman–Crippen MR) is 117 cm³/mol. The summed E-state index contributed by atoms with van der Waals surface area (Å²) in [5, 5.41) is 15.6. The molecule has 1 heterocycles. The van der Waals surface area contributed by atoms with Crippen LogP contribution in [-0.2, 0) is 0 Å². The van der Waals surface area contributed by atoms with Gasteiger partial charge in [-0.25, -0.2) is 19.2 Å². The van der Waals surface area contributed by atoms with Gasteiger partial charge in [0, 0.05) is 29.9 Å². The number of halogens is 1. The number of aliphatic imine (C=N–C) groups is 3. The number of guanidine groups is 1. The van der Waals surface area contributed by atoms with Gasteiger partial charge in [0.05, 0.1) is 11.3 Å². The average Bonchev–Trinajstić information content (AvgIpc) is 3.53. The molecule has 2 aromatic rings. The van der Waals surface area contributed by atoms with Crippen molar-refractivity contribution in [2.45, 2.75) is 18.9 Å².